The predicted octanol–water partition coefficient (Wildman–Crippen LogP) is 8.30. The number of benzene rings is 3. The molecule has 0 unspecified atom stereocenters. The molecule has 13 nitrogen and oxygen atoms in total. The summed E-state index contributed by atoms with van der Waals surface area (Å²) < 4.78 is 35.3. The fourth-order valence-electron chi connectivity index (χ4n) is 8.29. The number of hydrogen-bond donors (Lipinski definition) is 0. The molecule has 0 bridgehead atoms. The van der Waals surface area contributed by atoms with Crippen molar-refractivity contribution in [3.05, 3.63) is 106 Å². The second-order valence-electron chi connectivity index (χ2n) is 16.7. The van der Waals surface area contributed by atoms with Crippen molar-refractivity contribution in [2.75, 3.05) is 11.4 Å². The van der Waals surface area contributed by atoms with Crippen LogP contribution in [0.2, 0.25) is 0 Å². The maximum atomic E-state index is 15.2. The molecule has 57 heavy (non-hydrogen) atoms. The van der Waals surface area contributed by atoms with Gasteiger partial charge in [0.1, 0.15) is 29.7 Å². The van der Waals surface area contributed by atoms with Gasteiger partial charge in [-0.25, -0.2) is 9.59 Å². The van der Waals surface area contributed by atoms with Gasteiger partial charge in [0, 0.05) is 40.8 Å². The molecule has 1 spiro atoms. The van der Waals surface area contributed by atoms with Gasteiger partial charge >= 0.3 is 12.2 Å². The minimum absolute atomic E-state index is 0.00272. The van der Waals surface area contributed by atoms with Gasteiger partial charge in [0.2, 0.25) is 11.4 Å². The van der Waals surface area contributed by atoms with Gasteiger partial charge in [-0.15, -0.1) is 6.58 Å². The minimum atomic E-state index is -1.43. The Balaban J connectivity index is 1.29. The Bertz CT molecular complexity index is 2430. The number of amides is 1. The summed E-state index contributed by atoms with van der Waals surface area (Å²) in [6.07, 6.45) is 1.25. The number of rotatable bonds is 8. The second kappa shape index (κ2) is 13.5. The van der Waals surface area contributed by atoms with Crippen molar-refractivity contribution in [1.82, 2.24) is 5.16 Å². The van der Waals surface area contributed by atoms with Crippen LogP contribution in [-0.2, 0) is 33.7 Å². The van der Waals surface area contributed by atoms with Gasteiger partial charge in [-0.05, 0) is 82.7 Å². The van der Waals surface area contributed by atoms with E-state index in [1.807, 2.05) is 30.3 Å². The molecule has 8 rings (SSSR count). The van der Waals surface area contributed by atoms with Gasteiger partial charge in [-0.1, -0.05) is 48.5 Å². The third kappa shape index (κ3) is 6.44. The van der Waals surface area contributed by atoms with E-state index >= 15 is 4.79 Å². The van der Waals surface area contributed by atoms with Gasteiger partial charge in [0.15, 0.2) is 23.1 Å². The Morgan fingerprint density at radius 3 is 2.40 bits per heavy atom. The third-order valence-corrected chi connectivity index (χ3v) is 10.5. The molecule has 13 heteroatoms. The molecule has 1 fully saturated rings. The maximum absolute atomic E-state index is 15.2. The van der Waals surface area contributed by atoms with Crippen LogP contribution in [0.4, 0.5) is 15.3 Å². The molecule has 3 atom stereocenters. The van der Waals surface area contributed by atoms with Crippen molar-refractivity contribution in [3.8, 4) is 11.6 Å². The average molecular weight is 775 g/mol. The highest BCUT2D eigenvalue weighted by molar-refractivity contribution is 6.22. The van der Waals surface area contributed by atoms with E-state index in [-0.39, 0.29) is 64.6 Å². The van der Waals surface area contributed by atoms with E-state index in [0.717, 1.165) is 5.56 Å². The molecule has 0 N–H and O–H groups in total. The summed E-state index contributed by atoms with van der Waals surface area (Å²) >= 11 is 0. The zero-order chi connectivity index (χ0) is 40.6. The highest BCUT2D eigenvalue weighted by Gasteiger charge is 2.72. The lowest BCUT2D eigenvalue weighted by Crippen LogP contribution is -2.45. The van der Waals surface area contributed by atoms with Crippen LogP contribution in [-0.4, -0.2) is 58.6 Å². The molecule has 1 aromatic heterocycles. The molecule has 1 saturated heterocycles. The molecule has 0 radical (unpaired) electrons. The Morgan fingerprint density at radius 2 is 1.72 bits per heavy atom. The SMILES string of the molecule is C=CCN(C(=O)OC(C)(C)C)c1c2c(c(OC(=O)OC(C)(C)C)c3cc(C=O)ccc13)C(=O)C1=C3O[C@]34C(=O)c3c(OCc5ccccc5)noc3C[C@@H]4C[C@@H]1C2. The van der Waals surface area contributed by atoms with Crippen LogP contribution < -0.4 is 14.4 Å². The lowest BCUT2D eigenvalue weighted by Gasteiger charge is -2.37. The molecule has 3 aromatic carbocycles. The van der Waals surface area contributed by atoms with Crippen molar-refractivity contribution >= 4 is 46.6 Å². The Morgan fingerprint density at radius 1 is 0.982 bits per heavy atom. The number of allylic oxidation sites excluding steroid dienone is 1. The molecule has 0 saturated carbocycles. The minimum Gasteiger partial charge on any atom is -0.470 e. The summed E-state index contributed by atoms with van der Waals surface area (Å²) in [5, 5.41) is 4.74. The average Bonchev–Trinajstić information content (AvgIpc) is 3.77. The van der Waals surface area contributed by atoms with Gasteiger partial charge in [-0.2, -0.15) is 0 Å². The normalized spacial score (nSPS) is 20.5. The first kappa shape index (κ1) is 37.7. The number of aromatic nitrogens is 1. The van der Waals surface area contributed by atoms with Crippen LogP contribution in [0.25, 0.3) is 10.8 Å². The number of anilines is 1. The topological polar surface area (TPSA) is 164 Å². The predicted molar refractivity (Wildman–Crippen MR) is 206 cm³/mol. The Kier molecular flexibility index (Phi) is 8.89. The number of carbonyl (C=O) groups excluding carboxylic acids is 5. The second-order valence-corrected chi connectivity index (χ2v) is 16.7. The monoisotopic (exact) mass is 774 g/mol. The summed E-state index contributed by atoms with van der Waals surface area (Å²) in [7, 11) is 0. The summed E-state index contributed by atoms with van der Waals surface area (Å²) in [5.41, 5.74) is -0.955. The van der Waals surface area contributed by atoms with Crippen molar-refractivity contribution in [3.63, 3.8) is 0 Å². The summed E-state index contributed by atoms with van der Waals surface area (Å²) in [6.45, 7) is 14.3. The molecular formula is C44H42N2O11. The maximum Gasteiger partial charge on any atom is 0.514 e. The van der Waals surface area contributed by atoms with Crippen molar-refractivity contribution in [2.24, 2.45) is 11.8 Å². The van der Waals surface area contributed by atoms with Crippen molar-refractivity contribution in [1.29, 1.82) is 0 Å². The third-order valence-electron chi connectivity index (χ3n) is 10.5. The fraction of sp³-hybridized carbons (Fsp3) is 0.364. The number of epoxide rings is 1. The van der Waals surface area contributed by atoms with E-state index in [1.54, 1.807) is 59.8 Å². The zero-order valence-corrected chi connectivity index (χ0v) is 32.6. The number of fused-ring (bicyclic) bond motifs is 4. The van der Waals surface area contributed by atoms with Gasteiger partial charge in [0.05, 0.1) is 11.3 Å². The molecule has 1 aliphatic heterocycles. The quantitative estimate of drug-likeness (QED) is 0.0554. The van der Waals surface area contributed by atoms with Crippen molar-refractivity contribution in [2.45, 2.75) is 84.2 Å². The van der Waals surface area contributed by atoms with E-state index in [9.17, 15) is 19.2 Å². The number of nitrogens with zero attached hydrogens (tertiary/aromatic N) is 2. The number of ether oxygens (including phenoxy) is 5. The summed E-state index contributed by atoms with van der Waals surface area (Å²) in [6, 6.07) is 14.2. The van der Waals surface area contributed by atoms with Gasteiger partial charge in [-0.3, -0.25) is 19.3 Å². The summed E-state index contributed by atoms with van der Waals surface area (Å²) in [4.78, 5) is 70.7. The van der Waals surface area contributed by atoms with Crippen LogP contribution in [0.3, 0.4) is 0 Å². The first-order chi connectivity index (χ1) is 27.0. The molecular weight excluding hydrogens is 732 g/mol. The van der Waals surface area contributed by atoms with Crippen LogP contribution in [0.15, 0.2) is 77.0 Å². The number of Topliss-reactive ketones (excluding diaryl/α,β-unsaturated/α-hetero) is 2. The first-order valence-electron chi connectivity index (χ1n) is 18.8. The van der Waals surface area contributed by atoms with E-state index < -0.39 is 52.5 Å². The molecule has 4 aliphatic rings. The van der Waals surface area contributed by atoms with E-state index in [4.69, 9.17) is 28.2 Å². The van der Waals surface area contributed by atoms with Gasteiger partial charge < -0.3 is 28.2 Å². The molecule has 4 aromatic rings. The fourth-order valence-corrected chi connectivity index (χ4v) is 8.29. The smallest absolute Gasteiger partial charge is 0.470 e. The zero-order valence-electron chi connectivity index (χ0n) is 32.6. The lowest BCUT2D eigenvalue weighted by molar-refractivity contribution is 0.0207. The van der Waals surface area contributed by atoms with E-state index in [2.05, 4.69) is 11.7 Å². The molecule has 3 aliphatic carbocycles. The first-order valence-corrected chi connectivity index (χ1v) is 18.8. The number of ketones is 2. The van der Waals surface area contributed by atoms with E-state index in [0.29, 0.717) is 41.5 Å². The van der Waals surface area contributed by atoms with Crippen LogP contribution in [0.1, 0.15) is 95.9 Å². The number of hydrogen-bond acceptors (Lipinski definition) is 12. The highest BCUT2D eigenvalue weighted by Crippen LogP contribution is 2.64. The molecule has 294 valence electrons. The molecule has 1 amide bonds. The van der Waals surface area contributed by atoms with Crippen LogP contribution in [0, 0.1) is 11.8 Å². The standard InChI is InChI=1S/C44H42N2O11/c1-8-16-46(40(50)55-42(2,3)4)34-27-15-14-24(21-47)17-28(27)36(53-41(51)56-43(5,6)7)32-29(34)19-25-18-26-20-30-33(37(49)44(26)38(54-44)31(25)35(32)48)39(45-57-30)52-22-23-12-10-9-11-13-23/h8-15,17,21,25-26H,1,16,18-20,22H2,2-7H3/t25-,26+,44-/m1/s1. The van der Waals surface area contributed by atoms with Crippen molar-refractivity contribution < 1.29 is 52.2 Å². The van der Waals surface area contributed by atoms with Gasteiger partial charge in [0.25, 0.3) is 5.88 Å². The lowest BCUT2D eigenvalue weighted by atomic mass is 9.63. The Labute approximate surface area is 328 Å². The highest BCUT2D eigenvalue weighted by atomic mass is 16.7. The molecule has 2 heterocycles. The number of aldehydes is 1. The van der Waals surface area contributed by atoms with E-state index in [1.165, 1.54) is 11.0 Å². The summed E-state index contributed by atoms with van der Waals surface area (Å²) in [5.74, 6) is -1.27. The largest absolute Gasteiger partial charge is 0.514 e. The van der Waals surface area contributed by atoms with Crippen LogP contribution >= 0.6 is 0 Å². The number of carbonyl (C=O) groups is 5. The Hall–Kier alpha value is -6.24. The van der Waals surface area contributed by atoms with Crippen LogP contribution in [0.5, 0.6) is 11.6 Å².